The number of amides is 1. The maximum Gasteiger partial charge on any atom is 0.261 e. The monoisotopic (exact) mass is 268 g/mol. The fourth-order valence-corrected chi connectivity index (χ4v) is 2.44. The van der Waals surface area contributed by atoms with Crippen LogP contribution in [-0.4, -0.2) is 24.3 Å². The summed E-state index contributed by atoms with van der Waals surface area (Å²) in [4.78, 5) is 23.7. The summed E-state index contributed by atoms with van der Waals surface area (Å²) in [5, 5.41) is 4.61. The van der Waals surface area contributed by atoms with Crippen LogP contribution in [0.4, 0.5) is 0 Å². The van der Waals surface area contributed by atoms with Crippen molar-refractivity contribution in [3.63, 3.8) is 0 Å². The Morgan fingerprint density at radius 1 is 1.50 bits per heavy atom. The minimum atomic E-state index is -0.140. The summed E-state index contributed by atoms with van der Waals surface area (Å²) in [6.07, 6.45) is 3.02. The topological polar surface area (TPSA) is 72.2 Å². The molecule has 0 spiro atoms. The van der Waals surface area contributed by atoms with E-state index in [4.69, 9.17) is 5.73 Å². The predicted octanol–water partition coefficient (Wildman–Crippen LogP) is 2.20. The Morgan fingerprint density at radius 3 is 2.72 bits per heavy atom. The highest BCUT2D eigenvalue weighted by molar-refractivity contribution is 7.12. The van der Waals surface area contributed by atoms with E-state index in [1.807, 2.05) is 0 Å². The number of ketones is 1. The van der Waals surface area contributed by atoms with Crippen molar-refractivity contribution in [2.45, 2.75) is 39.2 Å². The maximum atomic E-state index is 11.9. The van der Waals surface area contributed by atoms with Gasteiger partial charge in [-0.1, -0.05) is 19.8 Å². The lowest BCUT2D eigenvalue weighted by molar-refractivity contribution is 0.0940. The Labute approximate surface area is 112 Å². The first-order valence-corrected chi connectivity index (χ1v) is 7.06. The second-order valence-electron chi connectivity index (χ2n) is 4.30. The van der Waals surface area contributed by atoms with E-state index < -0.39 is 0 Å². The molecule has 1 unspecified atom stereocenters. The van der Waals surface area contributed by atoms with E-state index in [1.165, 1.54) is 18.3 Å². The number of hydrogen-bond acceptors (Lipinski definition) is 4. The average Bonchev–Trinajstić information content (AvgIpc) is 2.83. The number of hydrogen-bond donors (Lipinski definition) is 2. The average molecular weight is 268 g/mol. The summed E-state index contributed by atoms with van der Waals surface area (Å²) in [6.45, 7) is 4.04. The summed E-state index contributed by atoms with van der Waals surface area (Å²) in [5.74, 6) is -0.161. The third-order valence-corrected chi connectivity index (χ3v) is 3.68. The molecule has 4 nitrogen and oxygen atoms in total. The van der Waals surface area contributed by atoms with E-state index in [9.17, 15) is 9.59 Å². The van der Waals surface area contributed by atoms with Gasteiger partial charge in [-0.3, -0.25) is 9.59 Å². The largest absolute Gasteiger partial charge is 0.347 e. The zero-order valence-corrected chi connectivity index (χ0v) is 11.7. The molecule has 3 N–H and O–H groups in total. The molecular weight excluding hydrogens is 248 g/mol. The fraction of sp³-hybridized carbons (Fsp3) is 0.538. The van der Waals surface area contributed by atoms with Gasteiger partial charge in [-0.15, -0.1) is 11.3 Å². The first-order chi connectivity index (χ1) is 8.58. The molecule has 0 fully saturated rings. The van der Waals surface area contributed by atoms with Crippen molar-refractivity contribution in [2.75, 3.05) is 6.54 Å². The van der Waals surface area contributed by atoms with Gasteiger partial charge in [0.1, 0.15) is 0 Å². The molecule has 0 bridgehead atoms. The predicted molar refractivity (Wildman–Crippen MR) is 74.2 cm³/mol. The van der Waals surface area contributed by atoms with E-state index in [-0.39, 0.29) is 17.7 Å². The molecular formula is C13H20N2O2S. The summed E-state index contributed by atoms with van der Waals surface area (Å²) in [5.41, 5.74) is 6.21. The van der Waals surface area contributed by atoms with Gasteiger partial charge in [0.2, 0.25) is 0 Å². The minimum Gasteiger partial charge on any atom is -0.347 e. The van der Waals surface area contributed by atoms with Crippen LogP contribution >= 0.6 is 11.3 Å². The highest BCUT2D eigenvalue weighted by Gasteiger charge is 2.14. The molecule has 1 aromatic rings. The van der Waals surface area contributed by atoms with Gasteiger partial charge >= 0.3 is 0 Å². The van der Waals surface area contributed by atoms with Crippen molar-refractivity contribution in [3.8, 4) is 0 Å². The van der Waals surface area contributed by atoms with Crippen LogP contribution in [0.1, 0.15) is 53.1 Å². The molecule has 0 aliphatic heterocycles. The van der Waals surface area contributed by atoms with Gasteiger partial charge in [0.15, 0.2) is 5.78 Å². The molecule has 0 saturated heterocycles. The summed E-state index contributed by atoms with van der Waals surface area (Å²) in [7, 11) is 0. The third kappa shape index (κ3) is 4.23. The van der Waals surface area contributed by atoms with Crippen molar-refractivity contribution in [2.24, 2.45) is 5.73 Å². The number of unbranched alkanes of at least 4 members (excludes halogenated alkanes) is 1. The van der Waals surface area contributed by atoms with Crippen molar-refractivity contribution >= 4 is 23.0 Å². The molecule has 1 amide bonds. The van der Waals surface area contributed by atoms with E-state index in [0.717, 1.165) is 19.3 Å². The first-order valence-electron chi connectivity index (χ1n) is 6.18. The van der Waals surface area contributed by atoms with Crippen molar-refractivity contribution in [1.29, 1.82) is 0 Å². The van der Waals surface area contributed by atoms with Crippen LogP contribution in [0.3, 0.4) is 0 Å². The number of rotatable bonds is 7. The standard InChI is InChI=1S/C13H20N2O2S/c1-3-4-5-11(7-14)15-13(17)12-6-10(8-18-12)9(2)16/h6,8,11H,3-5,7,14H2,1-2H3,(H,15,17). The Bertz CT molecular complexity index is 415. The Morgan fingerprint density at radius 2 is 2.22 bits per heavy atom. The van der Waals surface area contributed by atoms with Gasteiger partial charge in [-0.25, -0.2) is 0 Å². The normalized spacial score (nSPS) is 12.2. The third-order valence-electron chi connectivity index (χ3n) is 2.76. The number of thiophene rings is 1. The molecule has 0 saturated carbocycles. The lowest BCUT2D eigenvalue weighted by Crippen LogP contribution is -2.39. The van der Waals surface area contributed by atoms with Crippen LogP contribution in [0.2, 0.25) is 0 Å². The first kappa shape index (κ1) is 14.9. The molecule has 1 rings (SSSR count). The van der Waals surface area contributed by atoms with Gasteiger partial charge in [0.25, 0.3) is 5.91 Å². The molecule has 5 heteroatoms. The molecule has 1 aromatic heterocycles. The SMILES string of the molecule is CCCCC(CN)NC(=O)c1cc(C(C)=O)cs1. The van der Waals surface area contributed by atoms with Crippen molar-refractivity contribution < 1.29 is 9.59 Å². The van der Waals surface area contributed by atoms with Gasteiger partial charge < -0.3 is 11.1 Å². The second-order valence-corrected chi connectivity index (χ2v) is 5.22. The summed E-state index contributed by atoms with van der Waals surface area (Å²) >= 11 is 1.29. The molecule has 0 radical (unpaired) electrons. The van der Waals surface area contributed by atoms with Gasteiger partial charge in [0, 0.05) is 23.5 Å². The van der Waals surface area contributed by atoms with Gasteiger partial charge in [0.05, 0.1) is 4.88 Å². The van der Waals surface area contributed by atoms with Crippen LogP contribution in [0.15, 0.2) is 11.4 Å². The Hall–Kier alpha value is -1.20. The second kappa shape index (κ2) is 7.28. The van der Waals surface area contributed by atoms with Gasteiger partial charge in [-0.05, 0) is 19.4 Å². The number of carbonyl (C=O) groups is 2. The lowest BCUT2D eigenvalue weighted by atomic mass is 10.1. The number of nitrogens with one attached hydrogen (secondary N) is 1. The molecule has 0 aliphatic rings. The molecule has 0 aromatic carbocycles. The highest BCUT2D eigenvalue weighted by Crippen LogP contribution is 2.15. The Balaban J connectivity index is 2.59. The zero-order chi connectivity index (χ0) is 13.5. The molecule has 100 valence electrons. The van der Waals surface area contributed by atoms with Crippen molar-refractivity contribution in [3.05, 3.63) is 21.9 Å². The van der Waals surface area contributed by atoms with Crippen molar-refractivity contribution in [1.82, 2.24) is 5.32 Å². The van der Waals surface area contributed by atoms with Crippen LogP contribution in [0.5, 0.6) is 0 Å². The zero-order valence-electron chi connectivity index (χ0n) is 10.9. The summed E-state index contributed by atoms with van der Waals surface area (Å²) in [6, 6.07) is 1.65. The smallest absolute Gasteiger partial charge is 0.261 e. The quantitative estimate of drug-likeness (QED) is 0.745. The fourth-order valence-electron chi connectivity index (χ4n) is 1.60. The molecule has 1 atom stereocenters. The molecule has 0 aliphatic carbocycles. The highest BCUT2D eigenvalue weighted by atomic mass is 32.1. The van der Waals surface area contributed by atoms with Crippen LogP contribution in [0, 0.1) is 0 Å². The maximum absolute atomic E-state index is 11.9. The van der Waals surface area contributed by atoms with E-state index in [0.29, 0.717) is 17.0 Å². The van der Waals surface area contributed by atoms with Crippen LogP contribution in [0.25, 0.3) is 0 Å². The van der Waals surface area contributed by atoms with Crippen LogP contribution < -0.4 is 11.1 Å². The van der Waals surface area contributed by atoms with E-state index >= 15 is 0 Å². The van der Waals surface area contributed by atoms with E-state index in [1.54, 1.807) is 11.4 Å². The molecule has 1 heterocycles. The number of nitrogens with two attached hydrogens (primary N) is 1. The Kier molecular flexibility index (Phi) is 6.01. The number of Topliss-reactive ketones (excluding diaryl/α,β-unsaturated/α-hetero) is 1. The minimum absolute atomic E-state index is 0.0142. The summed E-state index contributed by atoms with van der Waals surface area (Å²) < 4.78 is 0. The van der Waals surface area contributed by atoms with Gasteiger partial charge in [-0.2, -0.15) is 0 Å². The van der Waals surface area contributed by atoms with Crippen LogP contribution in [-0.2, 0) is 0 Å². The molecule has 18 heavy (non-hydrogen) atoms. The lowest BCUT2D eigenvalue weighted by Gasteiger charge is -2.15. The van der Waals surface area contributed by atoms with E-state index in [2.05, 4.69) is 12.2 Å². The number of carbonyl (C=O) groups excluding carboxylic acids is 2.